The van der Waals surface area contributed by atoms with Crippen LogP contribution in [0.2, 0.25) is 0 Å². The van der Waals surface area contributed by atoms with Crippen LogP contribution in [-0.2, 0) is 11.3 Å². The zero-order chi connectivity index (χ0) is 14.2. The third-order valence-corrected chi connectivity index (χ3v) is 3.15. The van der Waals surface area contributed by atoms with Crippen LogP contribution in [0.3, 0.4) is 0 Å². The Balaban J connectivity index is 2.06. The lowest BCUT2D eigenvalue weighted by molar-refractivity contribution is 0.193. The molecule has 0 aromatic heterocycles. The van der Waals surface area contributed by atoms with E-state index < -0.39 is 6.10 Å². The van der Waals surface area contributed by atoms with Gasteiger partial charge in [0.1, 0.15) is 13.2 Å². The summed E-state index contributed by atoms with van der Waals surface area (Å²) in [6, 6.07) is 19.7. The van der Waals surface area contributed by atoms with Gasteiger partial charge >= 0.3 is 0 Å². The SMILES string of the molecule is CO/N=C(/CCc1ccccc1)C(O)c1ccccc1. The molecule has 2 rings (SSSR count). The van der Waals surface area contributed by atoms with Gasteiger partial charge in [-0.15, -0.1) is 0 Å². The second kappa shape index (κ2) is 7.46. The van der Waals surface area contributed by atoms with E-state index >= 15 is 0 Å². The zero-order valence-corrected chi connectivity index (χ0v) is 11.6. The summed E-state index contributed by atoms with van der Waals surface area (Å²) >= 11 is 0. The first kappa shape index (κ1) is 14.3. The molecule has 2 aromatic carbocycles. The molecule has 0 saturated carbocycles. The highest BCUT2D eigenvalue weighted by molar-refractivity contribution is 5.89. The Bertz CT molecular complexity index is 537. The lowest BCUT2D eigenvalue weighted by Crippen LogP contribution is -2.13. The summed E-state index contributed by atoms with van der Waals surface area (Å²) in [5.74, 6) is 0. The summed E-state index contributed by atoms with van der Waals surface area (Å²) in [7, 11) is 1.50. The molecule has 104 valence electrons. The number of aryl methyl sites for hydroxylation is 1. The number of oxime groups is 1. The van der Waals surface area contributed by atoms with Crippen molar-refractivity contribution in [1.82, 2.24) is 0 Å². The van der Waals surface area contributed by atoms with E-state index in [1.807, 2.05) is 48.5 Å². The Kier molecular flexibility index (Phi) is 5.33. The van der Waals surface area contributed by atoms with Gasteiger partial charge in [0.25, 0.3) is 0 Å². The monoisotopic (exact) mass is 269 g/mol. The number of aliphatic hydroxyl groups is 1. The molecular formula is C17H19NO2. The Morgan fingerprint density at radius 2 is 1.65 bits per heavy atom. The van der Waals surface area contributed by atoms with Crippen molar-refractivity contribution in [2.24, 2.45) is 5.16 Å². The number of hydrogen-bond acceptors (Lipinski definition) is 3. The first-order chi connectivity index (χ1) is 9.81. The van der Waals surface area contributed by atoms with Crippen LogP contribution in [0.1, 0.15) is 23.7 Å². The number of aliphatic hydroxyl groups excluding tert-OH is 1. The van der Waals surface area contributed by atoms with Crippen molar-refractivity contribution in [1.29, 1.82) is 0 Å². The number of benzene rings is 2. The molecule has 0 spiro atoms. The van der Waals surface area contributed by atoms with E-state index in [9.17, 15) is 5.11 Å². The van der Waals surface area contributed by atoms with Gasteiger partial charge in [-0.1, -0.05) is 65.8 Å². The minimum absolute atomic E-state index is 0.641. The first-order valence-corrected chi connectivity index (χ1v) is 6.68. The Hall–Kier alpha value is -2.13. The highest BCUT2D eigenvalue weighted by atomic mass is 16.6. The molecule has 2 aromatic rings. The molecule has 0 saturated heterocycles. The molecule has 3 heteroatoms. The van der Waals surface area contributed by atoms with Gasteiger partial charge in [0, 0.05) is 0 Å². The van der Waals surface area contributed by atoms with Crippen molar-refractivity contribution in [3.63, 3.8) is 0 Å². The van der Waals surface area contributed by atoms with E-state index in [1.165, 1.54) is 12.7 Å². The summed E-state index contributed by atoms with van der Waals surface area (Å²) < 4.78 is 0. The molecule has 0 aliphatic rings. The van der Waals surface area contributed by atoms with Gasteiger partial charge in [-0.05, 0) is 24.0 Å². The maximum atomic E-state index is 10.4. The van der Waals surface area contributed by atoms with E-state index in [-0.39, 0.29) is 0 Å². The largest absolute Gasteiger partial charge is 0.399 e. The molecule has 3 nitrogen and oxygen atoms in total. The Morgan fingerprint density at radius 1 is 1.05 bits per heavy atom. The number of hydrogen-bond donors (Lipinski definition) is 1. The van der Waals surface area contributed by atoms with Crippen molar-refractivity contribution in [3.8, 4) is 0 Å². The van der Waals surface area contributed by atoms with Crippen LogP contribution in [0, 0.1) is 0 Å². The third-order valence-electron chi connectivity index (χ3n) is 3.15. The summed E-state index contributed by atoms with van der Waals surface area (Å²) in [5.41, 5.74) is 2.69. The quantitative estimate of drug-likeness (QED) is 0.645. The van der Waals surface area contributed by atoms with Crippen LogP contribution in [0.4, 0.5) is 0 Å². The van der Waals surface area contributed by atoms with Crippen LogP contribution in [0.15, 0.2) is 65.8 Å². The fourth-order valence-corrected chi connectivity index (χ4v) is 2.09. The van der Waals surface area contributed by atoms with Gasteiger partial charge in [-0.25, -0.2) is 0 Å². The second-order valence-electron chi connectivity index (χ2n) is 4.56. The summed E-state index contributed by atoms with van der Waals surface area (Å²) in [6.45, 7) is 0. The molecule has 0 aliphatic carbocycles. The maximum absolute atomic E-state index is 10.4. The fourth-order valence-electron chi connectivity index (χ4n) is 2.09. The van der Waals surface area contributed by atoms with Crippen molar-refractivity contribution in [2.75, 3.05) is 7.11 Å². The van der Waals surface area contributed by atoms with Crippen molar-refractivity contribution in [3.05, 3.63) is 71.8 Å². The molecular weight excluding hydrogens is 250 g/mol. The molecule has 0 aliphatic heterocycles. The lowest BCUT2D eigenvalue weighted by Gasteiger charge is -2.13. The zero-order valence-electron chi connectivity index (χ0n) is 11.6. The van der Waals surface area contributed by atoms with Gasteiger partial charge in [-0.2, -0.15) is 0 Å². The van der Waals surface area contributed by atoms with Crippen molar-refractivity contribution < 1.29 is 9.94 Å². The topological polar surface area (TPSA) is 41.8 Å². The van der Waals surface area contributed by atoms with E-state index in [4.69, 9.17) is 4.84 Å². The normalized spacial score (nSPS) is 13.0. The lowest BCUT2D eigenvalue weighted by atomic mass is 9.99. The van der Waals surface area contributed by atoms with Gasteiger partial charge in [0.05, 0.1) is 5.71 Å². The Labute approximate surface area is 119 Å². The maximum Gasteiger partial charge on any atom is 0.120 e. The highest BCUT2D eigenvalue weighted by Gasteiger charge is 2.15. The summed E-state index contributed by atoms with van der Waals surface area (Å²) in [4.78, 5) is 4.86. The molecule has 0 bridgehead atoms. The molecule has 1 N–H and O–H groups in total. The van der Waals surface area contributed by atoms with Crippen LogP contribution >= 0.6 is 0 Å². The number of nitrogens with zero attached hydrogens (tertiary/aromatic N) is 1. The molecule has 1 unspecified atom stereocenters. The van der Waals surface area contributed by atoms with Crippen LogP contribution in [0.25, 0.3) is 0 Å². The van der Waals surface area contributed by atoms with Crippen LogP contribution in [-0.4, -0.2) is 17.9 Å². The summed E-state index contributed by atoms with van der Waals surface area (Å²) in [5, 5.41) is 14.4. The molecule has 0 amide bonds. The second-order valence-corrected chi connectivity index (χ2v) is 4.56. The minimum Gasteiger partial charge on any atom is -0.399 e. The average molecular weight is 269 g/mol. The van der Waals surface area contributed by atoms with Crippen LogP contribution < -0.4 is 0 Å². The van der Waals surface area contributed by atoms with Gasteiger partial charge in [0.2, 0.25) is 0 Å². The van der Waals surface area contributed by atoms with E-state index in [1.54, 1.807) is 0 Å². The fraction of sp³-hybridized carbons (Fsp3) is 0.235. The number of rotatable bonds is 6. The molecule has 1 atom stereocenters. The average Bonchev–Trinajstić information content (AvgIpc) is 2.52. The molecule has 0 heterocycles. The molecule has 20 heavy (non-hydrogen) atoms. The molecule has 0 radical (unpaired) electrons. The Morgan fingerprint density at radius 3 is 2.25 bits per heavy atom. The molecule has 0 fully saturated rings. The van der Waals surface area contributed by atoms with E-state index in [2.05, 4.69) is 17.3 Å². The summed E-state index contributed by atoms with van der Waals surface area (Å²) in [6.07, 6.45) is 0.765. The highest BCUT2D eigenvalue weighted by Crippen LogP contribution is 2.18. The predicted octanol–water partition coefficient (Wildman–Crippen LogP) is 3.36. The van der Waals surface area contributed by atoms with Gasteiger partial charge in [-0.3, -0.25) is 0 Å². The van der Waals surface area contributed by atoms with Gasteiger partial charge in [0.15, 0.2) is 0 Å². The first-order valence-electron chi connectivity index (χ1n) is 6.68. The third kappa shape index (κ3) is 3.93. The predicted molar refractivity (Wildman–Crippen MR) is 80.6 cm³/mol. The minimum atomic E-state index is -0.722. The van der Waals surface area contributed by atoms with Gasteiger partial charge < -0.3 is 9.94 Å². The van der Waals surface area contributed by atoms with E-state index in [0.717, 1.165) is 12.0 Å². The van der Waals surface area contributed by atoms with E-state index in [0.29, 0.717) is 12.1 Å². The smallest absolute Gasteiger partial charge is 0.120 e. The standard InChI is InChI=1S/C17H19NO2/c1-20-18-16(13-12-14-8-4-2-5-9-14)17(19)15-10-6-3-7-11-15/h2-11,17,19H,12-13H2,1H3/b18-16-. The van der Waals surface area contributed by atoms with Crippen LogP contribution in [0.5, 0.6) is 0 Å². The van der Waals surface area contributed by atoms with Crippen molar-refractivity contribution >= 4 is 5.71 Å². The van der Waals surface area contributed by atoms with Crippen molar-refractivity contribution in [2.45, 2.75) is 18.9 Å².